The molecule has 0 bridgehead atoms. The molecule has 0 aliphatic rings. The van der Waals surface area contributed by atoms with Crippen molar-refractivity contribution in [3.63, 3.8) is 0 Å². The zero-order chi connectivity index (χ0) is 13.3. The molecule has 1 atom stereocenters. The van der Waals surface area contributed by atoms with Gasteiger partial charge >= 0.3 is 0 Å². The summed E-state index contributed by atoms with van der Waals surface area (Å²) in [6, 6.07) is 7.60. The van der Waals surface area contributed by atoms with Crippen molar-refractivity contribution in [1.29, 1.82) is 0 Å². The molecule has 0 unspecified atom stereocenters. The van der Waals surface area contributed by atoms with Crippen LogP contribution in [-0.4, -0.2) is 16.0 Å². The molecule has 18 heavy (non-hydrogen) atoms. The molecule has 1 aromatic carbocycles. The third-order valence-electron chi connectivity index (χ3n) is 3.05. The average molecular weight is 265 g/mol. The molecule has 0 saturated heterocycles. The second-order valence-corrected chi connectivity index (χ2v) is 5.61. The molecule has 2 N–H and O–H groups in total. The van der Waals surface area contributed by atoms with Gasteiger partial charge in [-0.15, -0.1) is 11.8 Å². The van der Waals surface area contributed by atoms with Gasteiger partial charge in [0.05, 0.1) is 11.1 Å². The Labute approximate surface area is 110 Å². The zero-order valence-corrected chi connectivity index (χ0v) is 11.5. The summed E-state index contributed by atoms with van der Waals surface area (Å²) >= 11 is 1.58. The number of aromatic nitrogens is 2. The van der Waals surface area contributed by atoms with E-state index in [0.717, 1.165) is 11.1 Å². The lowest BCUT2D eigenvalue weighted by atomic mass is 10.0. The Bertz CT molecular complexity index is 526. The van der Waals surface area contributed by atoms with Crippen LogP contribution in [0.5, 0.6) is 0 Å². The highest BCUT2D eigenvalue weighted by molar-refractivity contribution is 7.99. The van der Waals surface area contributed by atoms with Crippen molar-refractivity contribution in [2.45, 2.75) is 11.8 Å². The van der Waals surface area contributed by atoms with Gasteiger partial charge in [-0.25, -0.2) is 4.39 Å². The maximum atomic E-state index is 13.6. The Morgan fingerprint density at radius 3 is 2.39 bits per heavy atom. The fourth-order valence-electron chi connectivity index (χ4n) is 1.81. The molecule has 96 valence electrons. The van der Waals surface area contributed by atoms with Gasteiger partial charge in [0.15, 0.2) is 5.82 Å². The van der Waals surface area contributed by atoms with Crippen LogP contribution < -0.4 is 5.73 Å². The van der Waals surface area contributed by atoms with E-state index >= 15 is 0 Å². The second-order valence-electron chi connectivity index (χ2n) is 4.35. The predicted octanol–water partition coefficient (Wildman–Crippen LogP) is 2.72. The van der Waals surface area contributed by atoms with Gasteiger partial charge in [0.2, 0.25) is 0 Å². The fourth-order valence-corrected chi connectivity index (χ4v) is 2.18. The van der Waals surface area contributed by atoms with Gasteiger partial charge in [0, 0.05) is 12.6 Å². The highest BCUT2D eigenvalue weighted by Crippen LogP contribution is 2.30. The van der Waals surface area contributed by atoms with Gasteiger partial charge < -0.3 is 5.73 Å². The van der Waals surface area contributed by atoms with Gasteiger partial charge in [-0.2, -0.15) is 5.10 Å². The topological polar surface area (TPSA) is 43.8 Å². The third-order valence-corrected chi connectivity index (χ3v) is 4.13. The standard InChI is InChI=1S/C13H16FN3S/c1-13(15,18-3)10-6-4-9(5-7-10)12-11(14)8-16-17(12)2/h4-8H,15H2,1-3H3/t13-/m0/s1. The van der Waals surface area contributed by atoms with E-state index < -0.39 is 4.87 Å². The summed E-state index contributed by atoms with van der Waals surface area (Å²) < 4.78 is 15.1. The molecule has 0 spiro atoms. The summed E-state index contributed by atoms with van der Waals surface area (Å²) in [5.74, 6) is -0.314. The number of hydrogen-bond donors (Lipinski definition) is 1. The van der Waals surface area contributed by atoms with Crippen molar-refractivity contribution in [3.8, 4) is 11.3 Å². The van der Waals surface area contributed by atoms with Crippen LogP contribution in [-0.2, 0) is 11.9 Å². The summed E-state index contributed by atoms with van der Waals surface area (Å²) in [6.45, 7) is 1.96. The maximum absolute atomic E-state index is 13.6. The quantitative estimate of drug-likeness (QED) is 0.868. The molecule has 5 heteroatoms. The average Bonchev–Trinajstić information content (AvgIpc) is 2.69. The molecule has 0 radical (unpaired) electrons. The van der Waals surface area contributed by atoms with Gasteiger partial charge in [0.25, 0.3) is 0 Å². The summed E-state index contributed by atoms with van der Waals surface area (Å²) in [5, 5.41) is 3.89. The smallest absolute Gasteiger partial charge is 0.169 e. The zero-order valence-electron chi connectivity index (χ0n) is 10.6. The van der Waals surface area contributed by atoms with E-state index in [1.54, 1.807) is 18.8 Å². The normalized spacial score (nSPS) is 14.5. The van der Waals surface area contributed by atoms with Crippen LogP contribution >= 0.6 is 11.8 Å². The SMILES string of the molecule is CS[C@](C)(N)c1ccc(-c2c(F)cnn2C)cc1. The molecule has 2 aromatic rings. The Hall–Kier alpha value is -1.33. The number of benzene rings is 1. The van der Waals surface area contributed by atoms with Gasteiger partial charge in [0.1, 0.15) is 5.69 Å². The van der Waals surface area contributed by atoms with Gasteiger partial charge in [-0.1, -0.05) is 24.3 Å². The van der Waals surface area contributed by atoms with E-state index in [-0.39, 0.29) is 5.82 Å². The van der Waals surface area contributed by atoms with Crippen molar-refractivity contribution in [1.82, 2.24) is 9.78 Å². The molecular formula is C13H16FN3S. The highest BCUT2D eigenvalue weighted by atomic mass is 32.2. The minimum absolute atomic E-state index is 0.314. The van der Waals surface area contributed by atoms with Crippen LogP contribution in [0, 0.1) is 5.82 Å². The van der Waals surface area contributed by atoms with Crippen molar-refractivity contribution in [2.75, 3.05) is 6.26 Å². The van der Waals surface area contributed by atoms with E-state index in [9.17, 15) is 4.39 Å². The summed E-state index contributed by atoms with van der Waals surface area (Å²) in [5.41, 5.74) is 8.44. The molecule has 0 saturated carbocycles. The molecule has 1 aromatic heterocycles. The van der Waals surface area contributed by atoms with E-state index in [0.29, 0.717) is 5.69 Å². The number of halogens is 1. The maximum Gasteiger partial charge on any atom is 0.169 e. The number of nitrogens with zero attached hydrogens (tertiary/aromatic N) is 2. The number of aryl methyl sites for hydroxylation is 1. The minimum atomic E-state index is -0.427. The van der Waals surface area contributed by atoms with E-state index in [1.165, 1.54) is 10.9 Å². The molecule has 0 fully saturated rings. The number of thioether (sulfide) groups is 1. The van der Waals surface area contributed by atoms with Crippen LogP contribution in [0.4, 0.5) is 4.39 Å². The van der Waals surface area contributed by atoms with Crippen LogP contribution in [0.3, 0.4) is 0 Å². The molecule has 0 aliphatic heterocycles. The Morgan fingerprint density at radius 1 is 1.33 bits per heavy atom. The first kappa shape index (κ1) is 13.1. The first-order valence-corrected chi connectivity index (χ1v) is 6.80. The summed E-state index contributed by atoms with van der Waals surface area (Å²) in [7, 11) is 1.72. The van der Waals surface area contributed by atoms with Crippen molar-refractivity contribution >= 4 is 11.8 Å². The Balaban J connectivity index is 2.40. The number of hydrogen-bond acceptors (Lipinski definition) is 3. The first-order valence-electron chi connectivity index (χ1n) is 5.58. The van der Waals surface area contributed by atoms with Crippen molar-refractivity contribution in [3.05, 3.63) is 41.8 Å². The van der Waals surface area contributed by atoms with Crippen molar-refractivity contribution in [2.24, 2.45) is 12.8 Å². The van der Waals surface area contributed by atoms with Crippen LogP contribution in [0.1, 0.15) is 12.5 Å². The molecule has 3 nitrogen and oxygen atoms in total. The van der Waals surface area contributed by atoms with Gasteiger partial charge in [-0.05, 0) is 18.7 Å². The molecular weight excluding hydrogens is 249 g/mol. The van der Waals surface area contributed by atoms with E-state index in [1.807, 2.05) is 37.4 Å². The lowest BCUT2D eigenvalue weighted by molar-refractivity contribution is 0.629. The fraction of sp³-hybridized carbons (Fsp3) is 0.308. The summed E-state index contributed by atoms with van der Waals surface area (Å²) in [6.07, 6.45) is 3.19. The largest absolute Gasteiger partial charge is 0.313 e. The number of rotatable bonds is 3. The van der Waals surface area contributed by atoms with Crippen molar-refractivity contribution < 1.29 is 4.39 Å². The molecule has 0 aliphatic carbocycles. The monoisotopic (exact) mass is 265 g/mol. The number of nitrogens with two attached hydrogens (primary N) is 1. The predicted molar refractivity (Wildman–Crippen MR) is 73.7 cm³/mol. The molecule has 2 rings (SSSR count). The van der Waals surface area contributed by atoms with E-state index in [4.69, 9.17) is 5.73 Å². The van der Waals surface area contributed by atoms with E-state index in [2.05, 4.69) is 5.10 Å². The molecule has 1 heterocycles. The third kappa shape index (κ3) is 2.28. The second kappa shape index (κ2) is 4.74. The Kier molecular flexibility index (Phi) is 3.45. The van der Waals surface area contributed by atoms with Crippen LogP contribution in [0.15, 0.2) is 30.5 Å². The molecule has 0 amide bonds. The lowest BCUT2D eigenvalue weighted by Crippen LogP contribution is -2.28. The highest BCUT2D eigenvalue weighted by Gasteiger charge is 2.19. The van der Waals surface area contributed by atoms with Crippen LogP contribution in [0.25, 0.3) is 11.3 Å². The Morgan fingerprint density at radius 2 is 1.94 bits per heavy atom. The van der Waals surface area contributed by atoms with Crippen LogP contribution in [0.2, 0.25) is 0 Å². The summed E-state index contributed by atoms with van der Waals surface area (Å²) in [4.78, 5) is -0.427. The van der Waals surface area contributed by atoms with Gasteiger partial charge in [-0.3, -0.25) is 4.68 Å². The first-order chi connectivity index (χ1) is 8.45. The minimum Gasteiger partial charge on any atom is -0.313 e. The lowest BCUT2D eigenvalue weighted by Gasteiger charge is -2.22.